The zero-order valence-electron chi connectivity index (χ0n) is 11.5. The van der Waals surface area contributed by atoms with Crippen molar-refractivity contribution in [2.75, 3.05) is 19.7 Å². The number of carbonyl (C=O) groups excluding carboxylic acids is 2. The van der Waals surface area contributed by atoms with Crippen LogP contribution >= 0.6 is 11.6 Å². The third-order valence-electron chi connectivity index (χ3n) is 3.40. The van der Waals surface area contributed by atoms with Crippen molar-refractivity contribution < 1.29 is 14.3 Å². The molecular formula is C15H18ClNO3. The summed E-state index contributed by atoms with van der Waals surface area (Å²) in [4.78, 5) is 25.5. The van der Waals surface area contributed by atoms with Crippen LogP contribution in [0.3, 0.4) is 0 Å². The molecule has 5 heteroatoms. The van der Waals surface area contributed by atoms with Gasteiger partial charge in [-0.2, -0.15) is 0 Å². The van der Waals surface area contributed by atoms with Crippen LogP contribution in [0.1, 0.15) is 30.1 Å². The zero-order chi connectivity index (χ0) is 14.5. The predicted molar refractivity (Wildman–Crippen MR) is 76.7 cm³/mol. The van der Waals surface area contributed by atoms with Crippen LogP contribution in [0.2, 0.25) is 5.02 Å². The lowest BCUT2D eigenvalue weighted by Crippen LogP contribution is -2.41. The van der Waals surface area contributed by atoms with E-state index in [1.807, 2.05) is 0 Å². The number of hydrogen-bond acceptors (Lipinski definition) is 3. The van der Waals surface area contributed by atoms with E-state index in [4.69, 9.17) is 16.3 Å². The molecule has 1 saturated heterocycles. The average Bonchev–Trinajstić information content (AvgIpc) is 2.44. The molecule has 1 amide bonds. The highest BCUT2D eigenvalue weighted by Gasteiger charge is 2.22. The Morgan fingerprint density at radius 3 is 2.95 bits per heavy atom. The van der Waals surface area contributed by atoms with Gasteiger partial charge in [0, 0.05) is 18.1 Å². The second kappa shape index (κ2) is 6.75. The first-order chi connectivity index (χ1) is 9.56. The van der Waals surface area contributed by atoms with Crippen molar-refractivity contribution in [2.45, 2.75) is 19.8 Å². The van der Waals surface area contributed by atoms with Crippen molar-refractivity contribution in [2.24, 2.45) is 5.92 Å². The van der Waals surface area contributed by atoms with Gasteiger partial charge in [-0.25, -0.2) is 4.79 Å². The predicted octanol–water partition coefficient (Wildman–Crippen LogP) is 2.76. The minimum atomic E-state index is -0.522. The molecule has 1 fully saturated rings. The molecule has 1 aliphatic rings. The van der Waals surface area contributed by atoms with Gasteiger partial charge in [0.05, 0.1) is 5.56 Å². The van der Waals surface area contributed by atoms with Gasteiger partial charge in [0.2, 0.25) is 0 Å². The highest BCUT2D eigenvalue weighted by Crippen LogP contribution is 2.16. The Morgan fingerprint density at radius 1 is 1.45 bits per heavy atom. The molecule has 0 saturated carbocycles. The summed E-state index contributed by atoms with van der Waals surface area (Å²) in [7, 11) is 0. The maximum absolute atomic E-state index is 12.0. The lowest BCUT2D eigenvalue weighted by atomic mass is 10.0. The van der Waals surface area contributed by atoms with Crippen molar-refractivity contribution >= 4 is 23.5 Å². The molecule has 1 aromatic rings. The molecule has 0 bridgehead atoms. The van der Waals surface area contributed by atoms with Crippen LogP contribution in [-0.4, -0.2) is 36.5 Å². The first kappa shape index (κ1) is 14.9. The average molecular weight is 296 g/mol. The van der Waals surface area contributed by atoms with Crippen LogP contribution in [0, 0.1) is 5.92 Å². The first-order valence-electron chi connectivity index (χ1n) is 6.76. The molecule has 0 aromatic heterocycles. The lowest BCUT2D eigenvalue weighted by Gasteiger charge is -2.30. The Kier molecular flexibility index (Phi) is 5.01. The van der Waals surface area contributed by atoms with E-state index in [9.17, 15) is 9.59 Å². The molecule has 1 aromatic carbocycles. The van der Waals surface area contributed by atoms with E-state index in [0.717, 1.165) is 25.9 Å². The summed E-state index contributed by atoms with van der Waals surface area (Å²) in [5.41, 5.74) is 0.359. The zero-order valence-corrected chi connectivity index (χ0v) is 12.2. The number of piperidine rings is 1. The van der Waals surface area contributed by atoms with Crippen LogP contribution in [0.5, 0.6) is 0 Å². The number of nitrogens with zero attached hydrogens (tertiary/aromatic N) is 1. The number of esters is 1. The molecule has 1 unspecified atom stereocenters. The molecule has 0 radical (unpaired) electrons. The molecule has 108 valence electrons. The number of halogens is 1. The fraction of sp³-hybridized carbons (Fsp3) is 0.467. The number of benzene rings is 1. The minimum Gasteiger partial charge on any atom is -0.452 e. The second-order valence-electron chi connectivity index (χ2n) is 5.17. The Labute approximate surface area is 123 Å². The van der Waals surface area contributed by atoms with Gasteiger partial charge in [-0.15, -0.1) is 0 Å². The number of likely N-dealkylation sites (tertiary alicyclic amines) is 1. The van der Waals surface area contributed by atoms with Crippen molar-refractivity contribution in [3.63, 3.8) is 0 Å². The monoisotopic (exact) mass is 295 g/mol. The number of hydrogen-bond donors (Lipinski definition) is 0. The normalized spacial score (nSPS) is 18.7. The standard InChI is InChI=1S/C15H18ClNO3/c1-11-4-3-7-17(9-11)14(18)10-20-15(19)12-5-2-6-13(16)8-12/h2,5-6,8,11H,3-4,7,9-10H2,1H3. The Hall–Kier alpha value is -1.55. The largest absolute Gasteiger partial charge is 0.452 e. The molecular weight excluding hydrogens is 278 g/mol. The summed E-state index contributed by atoms with van der Waals surface area (Å²) in [6.45, 7) is 3.40. The quantitative estimate of drug-likeness (QED) is 0.806. The second-order valence-corrected chi connectivity index (χ2v) is 5.61. The van der Waals surface area contributed by atoms with Gasteiger partial charge in [0.25, 0.3) is 5.91 Å². The van der Waals surface area contributed by atoms with Gasteiger partial charge >= 0.3 is 5.97 Å². The van der Waals surface area contributed by atoms with E-state index < -0.39 is 5.97 Å². The van der Waals surface area contributed by atoms with Gasteiger partial charge in [-0.05, 0) is 37.0 Å². The van der Waals surface area contributed by atoms with E-state index in [0.29, 0.717) is 16.5 Å². The van der Waals surface area contributed by atoms with Crippen molar-refractivity contribution in [3.8, 4) is 0 Å². The lowest BCUT2D eigenvalue weighted by molar-refractivity contribution is -0.136. The van der Waals surface area contributed by atoms with Crippen LogP contribution in [0.4, 0.5) is 0 Å². The summed E-state index contributed by atoms with van der Waals surface area (Å²) in [6.07, 6.45) is 2.15. The Bertz CT molecular complexity index is 504. The van der Waals surface area contributed by atoms with Crippen LogP contribution < -0.4 is 0 Å². The molecule has 1 heterocycles. The molecule has 0 spiro atoms. The third-order valence-corrected chi connectivity index (χ3v) is 3.63. The molecule has 0 aliphatic carbocycles. The number of carbonyl (C=O) groups is 2. The van der Waals surface area contributed by atoms with E-state index >= 15 is 0 Å². The van der Waals surface area contributed by atoms with Crippen molar-refractivity contribution in [1.82, 2.24) is 4.90 Å². The molecule has 2 rings (SSSR count). The summed E-state index contributed by atoms with van der Waals surface area (Å²) in [5.74, 6) is -0.144. The van der Waals surface area contributed by atoms with Gasteiger partial charge in [0.15, 0.2) is 6.61 Å². The highest BCUT2D eigenvalue weighted by molar-refractivity contribution is 6.30. The molecule has 4 nitrogen and oxygen atoms in total. The van der Waals surface area contributed by atoms with Crippen molar-refractivity contribution in [1.29, 1.82) is 0 Å². The first-order valence-corrected chi connectivity index (χ1v) is 7.14. The van der Waals surface area contributed by atoms with Gasteiger partial charge in [-0.3, -0.25) is 4.79 Å². The summed E-state index contributed by atoms with van der Waals surface area (Å²) < 4.78 is 5.04. The van der Waals surface area contributed by atoms with Gasteiger partial charge < -0.3 is 9.64 Å². The topological polar surface area (TPSA) is 46.6 Å². The van der Waals surface area contributed by atoms with Crippen LogP contribution in [-0.2, 0) is 9.53 Å². The van der Waals surface area contributed by atoms with Crippen LogP contribution in [0.25, 0.3) is 0 Å². The fourth-order valence-corrected chi connectivity index (χ4v) is 2.52. The smallest absolute Gasteiger partial charge is 0.338 e. The Balaban J connectivity index is 1.85. The SMILES string of the molecule is CC1CCCN(C(=O)COC(=O)c2cccc(Cl)c2)C1. The number of amides is 1. The molecule has 1 atom stereocenters. The summed E-state index contributed by atoms with van der Waals surface area (Å²) in [5, 5.41) is 0.468. The Morgan fingerprint density at radius 2 is 2.25 bits per heavy atom. The highest BCUT2D eigenvalue weighted by atomic mass is 35.5. The maximum atomic E-state index is 12.0. The number of ether oxygens (including phenoxy) is 1. The minimum absolute atomic E-state index is 0.132. The summed E-state index contributed by atoms with van der Waals surface area (Å²) in [6, 6.07) is 6.49. The fourth-order valence-electron chi connectivity index (χ4n) is 2.33. The third kappa shape index (κ3) is 3.97. The van der Waals surface area contributed by atoms with Crippen LogP contribution in [0.15, 0.2) is 24.3 Å². The van der Waals surface area contributed by atoms with E-state index in [1.54, 1.807) is 23.1 Å². The molecule has 0 N–H and O–H groups in total. The number of rotatable bonds is 3. The summed E-state index contributed by atoms with van der Waals surface area (Å²) >= 11 is 5.81. The molecule has 20 heavy (non-hydrogen) atoms. The van der Waals surface area contributed by atoms with Crippen molar-refractivity contribution in [3.05, 3.63) is 34.9 Å². The van der Waals surface area contributed by atoms with E-state index in [1.165, 1.54) is 6.07 Å². The molecule has 1 aliphatic heterocycles. The van der Waals surface area contributed by atoms with Gasteiger partial charge in [0.1, 0.15) is 0 Å². The van der Waals surface area contributed by atoms with E-state index in [2.05, 4.69) is 6.92 Å². The van der Waals surface area contributed by atoms with E-state index in [-0.39, 0.29) is 12.5 Å². The maximum Gasteiger partial charge on any atom is 0.338 e. The van der Waals surface area contributed by atoms with Gasteiger partial charge in [-0.1, -0.05) is 24.6 Å².